The summed E-state index contributed by atoms with van der Waals surface area (Å²) in [5.41, 5.74) is 3.09. The molecule has 0 atom stereocenters. The standard InChI is InChI=1S/C21H22ClN3OS2/c1-14-17(22)7-8-18-20(14)23-21(28-18)25-11-9-24(10-12-25)19(26)13-15-3-5-16(27-2)6-4-15/h3-8H,9-13H2,1-2H3. The Bertz CT molecular complexity index is 995. The summed E-state index contributed by atoms with van der Waals surface area (Å²) in [5, 5.41) is 1.77. The summed E-state index contributed by atoms with van der Waals surface area (Å²) in [4.78, 5) is 22.9. The van der Waals surface area contributed by atoms with Gasteiger partial charge >= 0.3 is 0 Å². The van der Waals surface area contributed by atoms with Crippen LogP contribution in [-0.2, 0) is 11.2 Å². The van der Waals surface area contributed by atoms with Crippen molar-refractivity contribution in [2.75, 3.05) is 37.3 Å². The van der Waals surface area contributed by atoms with E-state index in [0.29, 0.717) is 6.42 Å². The van der Waals surface area contributed by atoms with E-state index in [1.54, 1.807) is 23.1 Å². The summed E-state index contributed by atoms with van der Waals surface area (Å²) >= 11 is 9.63. The van der Waals surface area contributed by atoms with Crippen LogP contribution in [0.25, 0.3) is 10.2 Å². The zero-order chi connectivity index (χ0) is 19.7. The number of halogens is 1. The van der Waals surface area contributed by atoms with E-state index in [9.17, 15) is 4.79 Å². The zero-order valence-corrected chi connectivity index (χ0v) is 18.3. The van der Waals surface area contributed by atoms with Crippen LogP contribution < -0.4 is 4.90 Å². The van der Waals surface area contributed by atoms with E-state index < -0.39 is 0 Å². The molecule has 1 amide bonds. The van der Waals surface area contributed by atoms with Gasteiger partial charge in [0.15, 0.2) is 5.13 Å². The molecule has 0 radical (unpaired) electrons. The molecule has 0 N–H and O–H groups in total. The van der Waals surface area contributed by atoms with Gasteiger partial charge in [0.05, 0.1) is 16.6 Å². The first-order chi connectivity index (χ1) is 13.5. The molecule has 3 aromatic rings. The lowest BCUT2D eigenvalue weighted by molar-refractivity contribution is -0.130. The number of carbonyl (C=O) groups excluding carboxylic acids is 1. The van der Waals surface area contributed by atoms with Crippen LogP contribution >= 0.6 is 34.7 Å². The maximum atomic E-state index is 12.7. The van der Waals surface area contributed by atoms with Crippen LogP contribution in [0.5, 0.6) is 0 Å². The van der Waals surface area contributed by atoms with Crippen molar-refractivity contribution in [3.05, 3.63) is 52.5 Å². The first kappa shape index (κ1) is 19.6. The summed E-state index contributed by atoms with van der Waals surface area (Å²) in [6, 6.07) is 12.2. The Balaban J connectivity index is 1.38. The largest absolute Gasteiger partial charge is 0.345 e. The lowest BCUT2D eigenvalue weighted by atomic mass is 10.1. The maximum absolute atomic E-state index is 12.7. The van der Waals surface area contributed by atoms with Gasteiger partial charge < -0.3 is 9.80 Å². The van der Waals surface area contributed by atoms with Crippen molar-refractivity contribution in [2.24, 2.45) is 0 Å². The summed E-state index contributed by atoms with van der Waals surface area (Å²) in [7, 11) is 0. The van der Waals surface area contributed by atoms with Crippen molar-refractivity contribution in [1.82, 2.24) is 9.88 Å². The number of rotatable bonds is 4. The molecular formula is C21H22ClN3OS2. The average molecular weight is 432 g/mol. The van der Waals surface area contributed by atoms with Gasteiger partial charge in [-0.05, 0) is 48.6 Å². The third kappa shape index (κ3) is 4.00. The number of thiazole rings is 1. The van der Waals surface area contributed by atoms with Gasteiger partial charge in [-0.3, -0.25) is 4.79 Å². The third-order valence-corrected chi connectivity index (χ3v) is 7.39. The summed E-state index contributed by atoms with van der Waals surface area (Å²) in [6.45, 7) is 5.10. The number of aromatic nitrogens is 1. The fourth-order valence-corrected chi connectivity index (χ4v) is 5.04. The van der Waals surface area contributed by atoms with E-state index in [2.05, 4.69) is 35.4 Å². The molecule has 2 heterocycles. The van der Waals surface area contributed by atoms with E-state index in [1.807, 2.05) is 24.0 Å². The highest BCUT2D eigenvalue weighted by Gasteiger charge is 2.23. The molecule has 1 fully saturated rings. The molecule has 0 bridgehead atoms. The molecule has 1 aliphatic rings. The molecule has 0 aliphatic carbocycles. The van der Waals surface area contributed by atoms with Crippen molar-refractivity contribution in [3.63, 3.8) is 0 Å². The monoisotopic (exact) mass is 431 g/mol. The van der Waals surface area contributed by atoms with Crippen LogP contribution in [-0.4, -0.2) is 48.2 Å². The zero-order valence-electron chi connectivity index (χ0n) is 15.9. The Hall–Kier alpha value is -1.76. The number of carbonyl (C=O) groups is 1. The van der Waals surface area contributed by atoms with Crippen LogP contribution in [0.3, 0.4) is 0 Å². The van der Waals surface area contributed by atoms with E-state index in [4.69, 9.17) is 16.6 Å². The smallest absolute Gasteiger partial charge is 0.227 e. The average Bonchev–Trinajstić information content (AvgIpc) is 3.16. The number of amides is 1. The summed E-state index contributed by atoms with van der Waals surface area (Å²) in [6.07, 6.45) is 2.52. The second kappa shape index (κ2) is 8.31. The van der Waals surface area contributed by atoms with Gasteiger partial charge in [0, 0.05) is 36.1 Å². The Morgan fingerprint density at radius 1 is 1.14 bits per heavy atom. The van der Waals surface area contributed by atoms with Crippen LogP contribution in [0.15, 0.2) is 41.3 Å². The van der Waals surface area contributed by atoms with Gasteiger partial charge in [0.1, 0.15) is 0 Å². The Morgan fingerprint density at radius 2 is 1.86 bits per heavy atom. The Kier molecular flexibility index (Phi) is 5.80. The first-order valence-corrected chi connectivity index (χ1v) is 11.7. The molecule has 0 saturated carbocycles. The molecule has 28 heavy (non-hydrogen) atoms. The number of hydrogen-bond acceptors (Lipinski definition) is 5. The fraction of sp³-hybridized carbons (Fsp3) is 0.333. The van der Waals surface area contributed by atoms with Gasteiger partial charge in [-0.2, -0.15) is 0 Å². The lowest BCUT2D eigenvalue weighted by Gasteiger charge is -2.34. The van der Waals surface area contributed by atoms with Crippen LogP contribution in [0.2, 0.25) is 5.02 Å². The molecule has 146 valence electrons. The van der Waals surface area contributed by atoms with E-state index >= 15 is 0 Å². The highest BCUT2D eigenvalue weighted by Crippen LogP contribution is 2.33. The van der Waals surface area contributed by atoms with E-state index in [0.717, 1.165) is 57.7 Å². The van der Waals surface area contributed by atoms with Gasteiger partial charge in [0.2, 0.25) is 5.91 Å². The molecule has 7 heteroatoms. The van der Waals surface area contributed by atoms with Crippen molar-refractivity contribution in [3.8, 4) is 0 Å². The Morgan fingerprint density at radius 3 is 2.54 bits per heavy atom. The minimum absolute atomic E-state index is 0.198. The minimum Gasteiger partial charge on any atom is -0.345 e. The van der Waals surface area contributed by atoms with E-state index in [1.165, 1.54) is 4.90 Å². The molecule has 1 aromatic heterocycles. The van der Waals surface area contributed by atoms with Gasteiger partial charge in [-0.15, -0.1) is 11.8 Å². The number of nitrogens with zero attached hydrogens (tertiary/aromatic N) is 3. The fourth-order valence-electron chi connectivity index (χ4n) is 3.40. The molecule has 1 aliphatic heterocycles. The second-order valence-corrected chi connectivity index (χ2v) is 9.20. The third-order valence-electron chi connectivity index (χ3n) is 5.15. The number of thioether (sulfide) groups is 1. The predicted octanol–water partition coefficient (Wildman–Crippen LogP) is 4.87. The second-order valence-electron chi connectivity index (χ2n) is 6.91. The molecule has 4 nitrogen and oxygen atoms in total. The highest BCUT2D eigenvalue weighted by atomic mass is 35.5. The number of fused-ring (bicyclic) bond motifs is 1. The summed E-state index contributed by atoms with van der Waals surface area (Å²) < 4.78 is 1.16. The molecule has 0 spiro atoms. The van der Waals surface area contributed by atoms with Crippen LogP contribution in [0.1, 0.15) is 11.1 Å². The van der Waals surface area contributed by atoms with Crippen LogP contribution in [0.4, 0.5) is 5.13 Å². The highest BCUT2D eigenvalue weighted by molar-refractivity contribution is 7.98. The molecule has 0 unspecified atom stereocenters. The van der Waals surface area contributed by atoms with Crippen molar-refractivity contribution < 1.29 is 4.79 Å². The predicted molar refractivity (Wildman–Crippen MR) is 120 cm³/mol. The topological polar surface area (TPSA) is 36.4 Å². The first-order valence-electron chi connectivity index (χ1n) is 9.26. The maximum Gasteiger partial charge on any atom is 0.227 e. The molecule has 2 aromatic carbocycles. The quantitative estimate of drug-likeness (QED) is 0.552. The Labute approximate surface area is 178 Å². The summed E-state index contributed by atoms with van der Waals surface area (Å²) in [5.74, 6) is 0.198. The van der Waals surface area contributed by atoms with E-state index in [-0.39, 0.29) is 5.91 Å². The number of aryl methyl sites for hydroxylation is 1. The van der Waals surface area contributed by atoms with Crippen LogP contribution in [0, 0.1) is 6.92 Å². The number of hydrogen-bond donors (Lipinski definition) is 0. The van der Waals surface area contributed by atoms with Gasteiger partial charge in [0.25, 0.3) is 0 Å². The SMILES string of the molecule is CSc1ccc(CC(=O)N2CCN(c3nc4c(C)c(Cl)ccc4s3)CC2)cc1. The normalized spacial score (nSPS) is 14.7. The minimum atomic E-state index is 0.198. The number of piperazine rings is 1. The van der Waals surface area contributed by atoms with Crippen molar-refractivity contribution >= 4 is 56.0 Å². The number of anilines is 1. The molecular weight excluding hydrogens is 410 g/mol. The van der Waals surface area contributed by atoms with Gasteiger partial charge in [-0.25, -0.2) is 4.98 Å². The number of benzene rings is 2. The van der Waals surface area contributed by atoms with Gasteiger partial charge in [-0.1, -0.05) is 35.1 Å². The molecule has 4 rings (SSSR count). The van der Waals surface area contributed by atoms with Crippen molar-refractivity contribution in [2.45, 2.75) is 18.2 Å². The van der Waals surface area contributed by atoms with Crippen molar-refractivity contribution in [1.29, 1.82) is 0 Å². The lowest BCUT2D eigenvalue weighted by Crippen LogP contribution is -2.49. The molecule has 1 saturated heterocycles.